The normalized spacial score (nSPS) is 29.7. The van der Waals surface area contributed by atoms with E-state index in [2.05, 4.69) is 24.0 Å². The molecule has 2 aliphatic rings. The quantitative estimate of drug-likeness (QED) is 0.813. The lowest BCUT2D eigenvalue weighted by Gasteiger charge is -2.47. The van der Waals surface area contributed by atoms with E-state index in [-0.39, 0.29) is 0 Å². The van der Waals surface area contributed by atoms with Gasteiger partial charge < -0.3 is 5.73 Å². The molecule has 2 fully saturated rings. The van der Waals surface area contributed by atoms with E-state index >= 15 is 0 Å². The first kappa shape index (κ1) is 13.0. The van der Waals surface area contributed by atoms with Gasteiger partial charge in [-0.25, -0.2) is 0 Å². The van der Waals surface area contributed by atoms with Gasteiger partial charge in [0.1, 0.15) is 0 Å². The lowest BCUT2D eigenvalue weighted by atomic mass is 9.77. The highest BCUT2D eigenvalue weighted by molar-refractivity contribution is 5.40. The predicted octanol–water partition coefficient (Wildman–Crippen LogP) is 3.98. The molecule has 2 N–H and O–H groups in total. The molecule has 1 heterocycles. The van der Waals surface area contributed by atoms with Crippen LogP contribution < -0.4 is 5.73 Å². The first-order valence-corrected chi connectivity index (χ1v) is 7.87. The summed E-state index contributed by atoms with van der Waals surface area (Å²) < 4.78 is 0. The van der Waals surface area contributed by atoms with Gasteiger partial charge >= 0.3 is 0 Å². The van der Waals surface area contributed by atoms with Crippen LogP contribution in [0.3, 0.4) is 0 Å². The number of hydrogen-bond donors (Lipinski definition) is 1. The Morgan fingerprint density at radius 1 is 1.05 bits per heavy atom. The van der Waals surface area contributed by atoms with Crippen molar-refractivity contribution in [1.82, 2.24) is 4.90 Å². The molecule has 3 atom stereocenters. The molecule has 19 heavy (non-hydrogen) atoms. The Hall–Kier alpha value is -1.02. The Morgan fingerprint density at radius 2 is 1.74 bits per heavy atom. The summed E-state index contributed by atoms with van der Waals surface area (Å²) in [7, 11) is 0. The van der Waals surface area contributed by atoms with Gasteiger partial charge in [0.2, 0.25) is 0 Å². The summed E-state index contributed by atoms with van der Waals surface area (Å²) in [5, 5.41) is 0. The summed E-state index contributed by atoms with van der Waals surface area (Å²) in [5.74, 6) is 0.957. The Morgan fingerprint density at radius 3 is 2.53 bits per heavy atom. The maximum Gasteiger partial charge on any atom is 0.0322 e. The molecule has 3 rings (SSSR count). The zero-order chi connectivity index (χ0) is 13.2. The lowest BCUT2D eigenvalue weighted by Crippen LogP contribution is -2.47. The standard InChI is InChI=1S/C17H26N2/c1-13(14-8-10-16(18)11-9-14)19-12-4-6-15-5-2-3-7-17(15)19/h8-11,13,15,17H,2-7,12,18H2,1H3. The van der Waals surface area contributed by atoms with Crippen LogP contribution in [0.25, 0.3) is 0 Å². The van der Waals surface area contributed by atoms with Crippen molar-refractivity contribution >= 4 is 5.69 Å². The highest BCUT2D eigenvalue weighted by Gasteiger charge is 2.35. The van der Waals surface area contributed by atoms with Crippen molar-refractivity contribution in [2.24, 2.45) is 5.92 Å². The van der Waals surface area contributed by atoms with Crippen molar-refractivity contribution in [2.75, 3.05) is 12.3 Å². The van der Waals surface area contributed by atoms with Crippen LogP contribution in [-0.2, 0) is 0 Å². The second-order valence-corrected chi connectivity index (χ2v) is 6.33. The zero-order valence-electron chi connectivity index (χ0n) is 12.0. The van der Waals surface area contributed by atoms with E-state index in [9.17, 15) is 0 Å². The Balaban J connectivity index is 1.77. The summed E-state index contributed by atoms with van der Waals surface area (Å²) in [5.41, 5.74) is 8.08. The van der Waals surface area contributed by atoms with Gasteiger partial charge in [0.25, 0.3) is 0 Å². The molecular formula is C17H26N2. The molecule has 1 aromatic carbocycles. The third-order valence-corrected chi connectivity index (χ3v) is 5.20. The molecule has 2 heteroatoms. The van der Waals surface area contributed by atoms with E-state index < -0.39 is 0 Å². The zero-order valence-corrected chi connectivity index (χ0v) is 12.0. The molecule has 0 radical (unpaired) electrons. The molecule has 0 aromatic heterocycles. The molecule has 1 aliphatic carbocycles. The largest absolute Gasteiger partial charge is 0.399 e. The van der Waals surface area contributed by atoms with E-state index in [1.807, 2.05) is 12.1 Å². The molecule has 1 aliphatic heterocycles. The average Bonchev–Trinajstić information content (AvgIpc) is 2.47. The van der Waals surface area contributed by atoms with Gasteiger partial charge in [-0.15, -0.1) is 0 Å². The van der Waals surface area contributed by atoms with E-state index in [0.29, 0.717) is 6.04 Å². The molecule has 104 valence electrons. The Bertz CT molecular complexity index is 410. The number of nitrogens with zero attached hydrogens (tertiary/aromatic N) is 1. The Labute approximate surface area is 117 Å². The highest BCUT2D eigenvalue weighted by Crippen LogP contribution is 2.39. The van der Waals surface area contributed by atoms with Crippen LogP contribution >= 0.6 is 0 Å². The van der Waals surface area contributed by atoms with E-state index in [0.717, 1.165) is 17.6 Å². The summed E-state index contributed by atoms with van der Waals surface area (Å²) in [6.07, 6.45) is 8.56. The number of piperidine rings is 1. The third kappa shape index (κ3) is 2.64. The van der Waals surface area contributed by atoms with Gasteiger partial charge in [-0.1, -0.05) is 25.0 Å². The molecule has 0 amide bonds. The highest BCUT2D eigenvalue weighted by atomic mass is 15.2. The lowest BCUT2D eigenvalue weighted by molar-refractivity contribution is 0.0308. The minimum atomic E-state index is 0.534. The van der Waals surface area contributed by atoms with E-state index in [1.54, 1.807) is 0 Å². The molecule has 0 spiro atoms. The van der Waals surface area contributed by atoms with E-state index in [4.69, 9.17) is 5.73 Å². The van der Waals surface area contributed by atoms with Crippen molar-refractivity contribution in [2.45, 2.75) is 57.5 Å². The van der Waals surface area contributed by atoms with Crippen molar-refractivity contribution in [3.05, 3.63) is 29.8 Å². The van der Waals surface area contributed by atoms with Gasteiger partial charge in [-0.2, -0.15) is 0 Å². The van der Waals surface area contributed by atoms with Crippen LogP contribution in [-0.4, -0.2) is 17.5 Å². The van der Waals surface area contributed by atoms with Crippen LogP contribution in [0.4, 0.5) is 5.69 Å². The minimum absolute atomic E-state index is 0.534. The van der Waals surface area contributed by atoms with Crippen molar-refractivity contribution in [3.8, 4) is 0 Å². The second-order valence-electron chi connectivity index (χ2n) is 6.33. The number of nitrogen functional groups attached to an aromatic ring is 1. The van der Waals surface area contributed by atoms with Crippen LogP contribution in [0.2, 0.25) is 0 Å². The number of benzene rings is 1. The molecule has 1 saturated carbocycles. The molecular weight excluding hydrogens is 232 g/mol. The number of anilines is 1. The maximum atomic E-state index is 5.80. The summed E-state index contributed by atoms with van der Waals surface area (Å²) in [6.45, 7) is 3.63. The van der Waals surface area contributed by atoms with Gasteiger partial charge in [-0.3, -0.25) is 4.90 Å². The molecule has 1 saturated heterocycles. The number of rotatable bonds is 2. The molecule has 1 aromatic rings. The average molecular weight is 258 g/mol. The van der Waals surface area contributed by atoms with E-state index in [1.165, 1.54) is 50.6 Å². The van der Waals surface area contributed by atoms with Crippen molar-refractivity contribution in [1.29, 1.82) is 0 Å². The number of likely N-dealkylation sites (tertiary alicyclic amines) is 1. The second kappa shape index (κ2) is 5.54. The SMILES string of the molecule is CC(c1ccc(N)cc1)N1CCCC2CCCCC21. The van der Waals surface area contributed by atoms with Crippen LogP contribution in [0.5, 0.6) is 0 Å². The summed E-state index contributed by atoms with van der Waals surface area (Å²) in [6, 6.07) is 9.84. The van der Waals surface area contributed by atoms with Crippen molar-refractivity contribution < 1.29 is 0 Å². The fourth-order valence-electron chi connectivity index (χ4n) is 4.11. The monoisotopic (exact) mass is 258 g/mol. The van der Waals surface area contributed by atoms with Gasteiger partial charge in [0.05, 0.1) is 0 Å². The predicted molar refractivity (Wildman–Crippen MR) is 81.0 cm³/mol. The van der Waals surface area contributed by atoms with Crippen molar-refractivity contribution in [3.63, 3.8) is 0 Å². The summed E-state index contributed by atoms with van der Waals surface area (Å²) >= 11 is 0. The Kier molecular flexibility index (Phi) is 3.79. The fourth-order valence-corrected chi connectivity index (χ4v) is 4.11. The first-order chi connectivity index (χ1) is 9.25. The van der Waals surface area contributed by atoms with Gasteiger partial charge in [-0.05, 0) is 62.8 Å². The summed E-state index contributed by atoms with van der Waals surface area (Å²) in [4.78, 5) is 2.76. The minimum Gasteiger partial charge on any atom is -0.399 e. The number of nitrogens with two attached hydrogens (primary N) is 1. The topological polar surface area (TPSA) is 29.3 Å². The van der Waals surface area contributed by atoms with Gasteiger partial charge in [0.15, 0.2) is 0 Å². The molecule has 0 bridgehead atoms. The number of fused-ring (bicyclic) bond motifs is 1. The maximum absolute atomic E-state index is 5.80. The molecule has 2 nitrogen and oxygen atoms in total. The number of hydrogen-bond acceptors (Lipinski definition) is 2. The van der Waals surface area contributed by atoms with Gasteiger partial charge in [0, 0.05) is 17.8 Å². The van der Waals surface area contributed by atoms with Crippen LogP contribution in [0, 0.1) is 5.92 Å². The molecule has 3 unspecified atom stereocenters. The third-order valence-electron chi connectivity index (χ3n) is 5.20. The van der Waals surface area contributed by atoms with Crippen LogP contribution in [0.15, 0.2) is 24.3 Å². The van der Waals surface area contributed by atoms with Crippen LogP contribution in [0.1, 0.15) is 57.1 Å². The first-order valence-electron chi connectivity index (χ1n) is 7.87. The smallest absolute Gasteiger partial charge is 0.0322 e. The fraction of sp³-hybridized carbons (Fsp3) is 0.647.